The predicted octanol–water partition coefficient (Wildman–Crippen LogP) is 5.54. The van der Waals surface area contributed by atoms with Crippen molar-refractivity contribution in [3.05, 3.63) is 101 Å². The van der Waals surface area contributed by atoms with Crippen LogP contribution in [0.25, 0.3) is 0 Å². The van der Waals surface area contributed by atoms with Gasteiger partial charge in [-0.3, -0.25) is 0 Å². The summed E-state index contributed by atoms with van der Waals surface area (Å²) in [6, 6.07) is 26.6. The summed E-state index contributed by atoms with van der Waals surface area (Å²) in [6.07, 6.45) is -0.300. The molecule has 0 saturated heterocycles. The van der Waals surface area contributed by atoms with Crippen molar-refractivity contribution in [3.8, 4) is 0 Å². The molecule has 2 aliphatic heterocycles. The van der Waals surface area contributed by atoms with Crippen molar-refractivity contribution in [1.82, 2.24) is 14.8 Å². The second-order valence-electron chi connectivity index (χ2n) is 10.3. The Morgan fingerprint density at radius 3 is 1.32 bits per heavy atom. The van der Waals surface area contributed by atoms with Gasteiger partial charge in [-0.1, -0.05) is 94.4 Å². The third-order valence-corrected chi connectivity index (χ3v) is 7.87. The standard InChI is InChI=1S/C33H41N5O2/c1-5-37(6-2)22-28-30(24-16-11-9-12-17-24)39-32(35-28)26-20-15-21-27(34-26)33-36-29(23-38(7-3)8-4)31(40-33)25-18-13-10-14-19-25/h9-21,28-31H,5-8,22-23H2,1-4H3/t28-,29-,30-,31-/m0/s1. The molecule has 2 aliphatic rings. The minimum absolute atomic E-state index is 0.0104. The van der Waals surface area contributed by atoms with Crippen molar-refractivity contribution in [2.45, 2.75) is 52.0 Å². The number of pyridine rings is 1. The average Bonchev–Trinajstić information content (AvgIpc) is 3.64. The van der Waals surface area contributed by atoms with Gasteiger partial charge in [0.1, 0.15) is 35.7 Å². The van der Waals surface area contributed by atoms with Crippen LogP contribution in [-0.4, -0.2) is 77.9 Å². The first kappa shape index (κ1) is 28.0. The molecule has 7 heteroatoms. The molecule has 210 valence electrons. The van der Waals surface area contributed by atoms with Crippen LogP contribution < -0.4 is 0 Å². The molecule has 0 fully saturated rings. The summed E-state index contributed by atoms with van der Waals surface area (Å²) in [4.78, 5) is 19.9. The van der Waals surface area contributed by atoms with Gasteiger partial charge in [0.2, 0.25) is 11.8 Å². The molecule has 0 spiro atoms. The van der Waals surface area contributed by atoms with E-state index in [0.717, 1.165) is 50.4 Å². The van der Waals surface area contributed by atoms with Crippen molar-refractivity contribution in [2.75, 3.05) is 39.3 Å². The van der Waals surface area contributed by atoms with Gasteiger partial charge in [-0.2, -0.15) is 0 Å². The Balaban J connectivity index is 1.42. The van der Waals surface area contributed by atoms with Crippen LogP contribution in [0.5, 0.6) is 0 Å². The number of nitrogens with zero attached hydrogens (tertiary/aromatic N) is 5. The number of ether oxygens (including phenoxy) is 2. The van der Waals surface area contributed by atoms with Gasteiger partial charge in [-0.25, -0.2) is 15.0 Å². The minimum atomic E-state index is -0.150. The Labute approximate surface area is 238 Å². The summed E-state index contributed by atoms with van der Waals surface area (Å²) in [7, 11) is 0. The number of aromatic nitrogens is 1. The first-order chi connectivity index (χ1) is 19.6. The number of rotatable bonds is 12. The van der Waals surface area contributed by atoms with Gasteiger partial charge in [0.25, 0.3) is 0 Å². The fraction of sp³-hybridized carbons (Fsp3) is 0.424. The number of benzene rings is 2. The molecule has 4 atom stereocenters. The fourth-order valence-corrected chi connectivity index (χ4v) is 5.45. The van der Waals surface area contributed by atoms with Gasteiger partial charge in [-0.15, -0.1) is 0 Å². The maximum absolute atomic E-state index is 6.52. The van der Waals surface area contributed by atoms with Crippen molar-refractivity contribution in [1.29, 1.82) is 0 Å². The molecule has 0 saturated carbocycles. The highest BCUT2D eigenvalue weighted by Gasteiger charge is 2.36. The normalized spacial score (nSPS) is 22.2. The lowest BCUT2D eigenvalue weighted by atomic mass is 10.0. The molecule has 0 N–H and O–H groups in total. The summed E-state index contributed by atoms with van der Waals surface area (Å²) in [5, 5.41) is 0. The van der Waals surface area contributed by atoms with Crippen LogP contribution in [0.4, 0.5) is 0 Å². The number of hydrogen-bond donors (Lipinski definition) is 0. The van der Waals surface area contributed by atoms with E-state index in [1.807, 2.05) is 30.3 Å². The Kier molecular flexibility index (Phi) is 9.24. The maximum Gasteiger partial charge on any atom is 0.236 e. The molecule has 40 heavy (non-hydrogen) atoms. The highest BCUT2D eigenvalue weighted by atomic mass is 16.5. The predicted molar refractivity (Wildman–Crippen MR) is 161 cm³/mol. The van der Waals surface area contributed by atoms with Crippen LogP contribution in [0.15, 0.2) is 88.8 Å². The molecule has 5 rings (SSSR count). The summed E-state index contributed by atoms with van der Waals surface area (Å²) in [5.41, 5.74) is 3.66. The summed E-state index contributed by atoms with van der Waals surface area (Å²) in [6.45, 7) is 14.3. The molecular weight excluding hydrogens is 498 g/mol. The number of likely N-dealkylation sites (N-methyl/N-ethyl adjacent to an activating group) is 2. The minimum Gasteiger partial charge on any atom is -0.466 e. The van der Waals surface area contributed by atoms with Crippen LogP contribution >= 0.6 is 0 Å². The Morgan fingerprint density at radius 2 is 0.950 bits per heavy atom. The first-order valence-corrected chi connectivity index (χ1v) is 14.6. The van der Waals surface area contributed by atoms with Gasteiger partial charge in [0.05, 0.1) is 0 Å². The summed E-state index contributed by atoms with van der Waals surface area (Å²) >= 11 is 0. The zero-order valence-electron chi connectivity index (χ0n) is 24.1. The van der Waals surface area contributed by atoms with E-state index in [1.165, 1.54) is 0 Å². The van der Waals surface area contributed by atoms with E-state index in [-0.39, 0.29) is 24.3 Å². The Hall–Kier alpha value is -3.55. The molecule has 0 aliphatic carbocycles. The van der Waals surface area contributed by atoms with Crippen LogP contribution in [0.3, 0.4) is 0 Å². The van der Waals surface area contributed by atoms with Gasteiger partial charge in [-0.05, 0) is 49.4 Å². The first-order valence-electron chi connectivity index (χ1n) is 14.6. The quantitative estimate of drug-likeness (QED) is 0.303. The Morgan fingerprint density at radius 1 is 0.550 bits per heavy atom. The zero-order valence-corrected chi connectivity index (χ0v) is 24.1. The molecule has 7 nitrogen and oxygen atoms in total. The fourth-order valence-electron chi connectivity index (χ4n) is 5.45. The van der Waals surface area contributed by atoms with Gasteiger partial charge >= 0.3 is 0 Å². The van der Waals surface area contributed by atoms with Crippen molar-refractivity contribution in [2.24, 2.45) is 9.98 Å². The molecule has 2 aromatic carbocycles. The van der Waals surface area contributed by atoms with Gasteiger partial charge < -0.3 is 19.3 Å². The molecule has 1 aromatic heterocycles. The van der Waals surface area contributed by atoms with Crippen LogP contribution in [-0.2, 0) is 9.47 Å². The Bertz CT molecular complexity index is 1190. The molecule has 3 aromatic rings. The summed E-state index contributed by atoms with van der Waals surface area (Å²) in [5.74, 6) is 1.15. The van der Waals surface area contributed by atoms with E-state index in [1.54, 1.807) is 0 Å². The second-order valence-corrected chi connectivity index (χ2v) is 10.3. The lowest BCUT2D eigenvalue weighted by molar-refractivity contribution is 0.164. The van der Waals surface area contributed by atoms with Gasteiger partial charge in [0.15, 0.2) is 0 Å². The van der Waals surface area contributed by atoms with E-state index in [0.29, 0.717) is 23.2 Å². The highest BCUT2D eigenvalue weighted by Crippen LogP contribution is 2.33. The van der Waals surface area contributed by atoms with E-state index < -0.39 is 0 Å². The topological polar surface area (TPSA) is 62.6 Å². The van der Waals surface area contributed by atoms with E-state index in [4.69, 9.17) is 24.4 Å². The third-order valence-electron chi connectivity index (χ3n) is 7.87. The molecule has 0 amide bonds. The monoisotopic (exact) mass is 539 g/mol. The van der Waals surface area contributed by atoms with E-state index >= 15 is 0 Å². The third kappa shape index (κ3) is 6.26. The molecular formula is C33H41N5O2. The smallest absolute Gasteiger partial charge is 0.236 e. The average molecular weight is 540 g/mol. The van der Waals surface area contributed by atoms with Crippen molar-refractivity contribution in [3.63, 3.8) is 0 Å². The highest BCUT2D eigenvalue weighted by molar-refractivity contribution is 5.97. The van der Waals surface area contributed by atoms with E-state index in [9.17, 15) is 0 Å². The molecule has 0 bridgehead atoms. The second kappa shape index (κ2) is 13.2. The zero-order chi connectivity index (χ0) is 27.9. The molecule has 0 unspecified atom stereocenters. The number of hydrogen-bond acceptors (Lipinski definition) is 7. The summed E-state index contributed by atoms with van der Waals surface area (Å²) < 4.78 is 13.0. The van der Waals surface area contributed by atoms with Crippen molar-refractivity contribution < 1.29 is 9.47 Å². The lowest BCUT2D eigenvalue weighted by Gasteiger charge is -2.24. The molecule has 3 heterocycles. The maximum atomic E-state index is 6.52. The van der Waals surface area contributed by atoms with Crippen LogP contribution in [0, 0.1) is 0 Å². The van der Waals surface area contributed by atoms with Crippen LogP contribution in [0.1, 0.15) is 62.4 Å². The van der Waals surface area contributed by atoms with Crippen molar-refractivity contribution >= 4 is 11.8 Å². The largest absolute Gasteiger partial charge is 0.466 e. The SMILES string of the molecule is CCN(CC)C[C@@H]1N=C(c2cccc(C3=N[C@@H](CN(CC)CC)[C@H](c4ccccc4)O3)n2)O[C@H]1c1ccccc1. The van der Waals surface area contributed by atoms with Crippen LogP contribution in [0.2, 0.25) is 0 Å². The molecule has 0 radical (unpaired) electrons. The van der Waals surface area contributed by atoms with E-state index in [2.05, 4.69) is 86.0 Å². The lowest BCUT2D eigenvalue weighted by Crippen LogP contribution is -2.33. The number of aliphatic imine (C=N–C) groups is 2. The van der Waals surface area contributed by atoms with Gasteiger partial charge in [0, 0.05) is 13.1 Å².